The van der Waals surface area contributed by atoms with Gasteiger partial charge in [-0.3, -0.25) is 0 Å². The molecule has 1 aromatic carbocycles. The molecule has 116 valence electrons. The van der Waals surface area contributed by atoms with Crippen molar-refractivity contribution in [3.8, 4) is 17.6 Å². The van der Waals surface area contributed by atoms with Gasteiger partial charge in [-0.15, -0.1) is 0 Å². The van der Waals surface area contributed by atoms with Crippen LogP contribution in [-0.2, 0) is 4.74 Å². The Hall–Kier alpha value is -1.28. The second kappa shape index (κ2) is 7.12. The van der Waals surface area contributed by atoms with Gasteiger partial charge in [0.25, 0.3) is 0 Å². The van der Waals surface area contributed by atoms with E-state index in [1.54, 1.807) is 7.11 Å². The summed E-state index contributed by atoms with van der Waals surface area (Å²) in [4.78, 5) is 0. The Labute approximate surface area is 129 Å². The van der Waals surface area contributed by atoms with E-state index in [2.05, 4.69) is 45.7 Å². The molecule has 0 radical (unpaired) electrons. The minimum atomic E-state index is -1.87. The summed E-state index contributed by atoms with van der Waals surface area (Å²) in [7, 11) is -0.283. The summed E-state index contributed by atoms with van der Waals surface area (Å²) in [5.74, 6) is 6.78. The van der Waals surface area contributed by atoms with Crippen molar-refractivity contribution in [2.45, 2.75) is 44.6 Å². The van der Waals surface area contributed by atoms with Gasteiger partial charge in [0.05, 0.1) is 0 Å². The van der Waals surface area contributed by atoms with Gasteiger partial charge in [0.1, 0.15) is 19.6 Å². The van der Waals surface area contributed by atoms with Crippen LogP contribution in [0.5, 0.6) is 5.75 Å². The van der Waals surface area contributed by atoms with Gasteiger partial charge in [0, 0.05) is 12.7 Å². The van der Waals surface area contributed by atoms with Crippen molar-refractivity contribution in [2.24, 2.45) is 0 Å². The average Bonchev–Trinajstić information content (AvgIpc) is 2.41. The van der Waals surface area contributed by atoms with Crippen molar-refractivity contribution in [2.75, 3.05) is 13.9 Å². The molecule has 0 aliphatic carbocycles. The summed E-state index contributed by atoms with van der Waals surface area (Å²) in [6.45, 7) is 11.1. The lowest BCUT2D eigenvalue weighted by atomic mass is 10.2. The molecule has 0 unspecified atom stereocenters. The molecular formula is C17H26O3Si. The van der Waals surface area contributed by atoms with Gasteiger partial charge in [0.2, 0.25) is 0 Å². The molecule has 4 heteroatoms. The molecule has 1 N–H and O–H groups in total. The SMILES string of the molecule is COCOc1cccc(C#C[C@@H](O)[Si](C)(C)C(C)(C)C)c1. The zero-order chi connectivity index (χ0) is 16.1. The number of aliphatic hydroxyl groups is 1. The molecule has 1 aromatic rings. The van der Waals surface area contributed by atoms with Crippen molar-refractivity contribution >= 4 is 8.07 Å². The number of aliphatic hydroxyl groups excluding tert-OH is 1. The lowest BCUT2D eigenvalue weighted by molar-refractivity contribution is 0.0511. The molecule has 0 heterocycles. The van der Waals surface area contributed by atoms with Gasteiger partial charge in [-0.05, 0) is 23.2 Å². The third-order valence-electron chi connectivity index (χ3n) is 4.15. The first kappa shape index (κ1) is 17.8. The molecule has 3 nitrogen and oxygen atoms in total. The van der Waals surface area contributed by atoms with Gasteiger partial charge >= 0.3 is 0 Å². The number of hydrogen-bond acceptors (Lipinski definition) is 3. The monoisotopic (exact) mass is 306 g/mol. The first-order chi connectivity index (χ1) is 9.68. The van der Waals surface area contributed by atoms with Crippen LogP contribution >= 0.6 is 0 Å². The standard InChI is InChI=1S/C17H26O3Si/c1-17(2,3)21(5,6)16(18)11-10-14-8-7-9-15(12-14)20-13-19-4/h7-9,12,16,18H,13H2,1-6H3/t16-/m0/s1. The second-order valence-electron chi connectivity index (χ2n) is 6.72. The van der Waals surface area contributed by atoms with E-state index in [1.807, 2.05) is 24.3 Å². The van der Waals surface area contributed by atoms with Crippen molar-refractivity contribution in [3.63, 3.8) is 0 Å². The van der Waals surface area contributed by atoms with Gasteiger partial charge in [-0.25, -0.2) is 0 Å². The number of rotatable bonds is 4. The van der Waals surface area contributed by atoms with Crippen LogP contribution < -0.4 is 4.74 Å². The fraction of sp³-hybridized carbons (Fsp3) is 0.529. The maximum Gasteiger partial charge on any atom is 0.188 e. The van der Waals surface area contributed by atoms with E-state index < -0.39 is 13.8 Å². The highest BCUT2D eigenvalue weighted by molar-refractivity contribution is 6.81. The molecule has 1 atom stereocenters. The Bertz CT molecular complexity index is 521. The van der Waals surface area contributed by atoms with Crippen LogP contribution in [0.4, 0.5) is 0 Å². The minimum Gasteiger partial charge on any atom is -0.468 e. The first-order valence-corrected chi connectivity index (χ1v) is 10.2. The molecule has 1 rings (SSSR count). The predicted molar refractivity (Wildman–Crippen MR) is 89.0 cm³/mol. The molecule has 21 heavy (non-hydrogen) atoms. The van der Waals surface area contributed by atoms with Crippen molar-refractivity contribution in [1.29, 1.82) is 0 Å². The molecular weight excluding hydrogens is 280 g/mol. The Morgan fingerprint density at radius 1 is 1.29 bits per heavy atom. The zero-order valence-corrected chi connectivity index (χ0v) is 14.9. The van der Waals surface area contributed by atoms with Crippen molar-refractivity contribution in [1.82, 2.24) is 0 Å². The van der Waals surface area contributed by atoms with E-state index in [1.165, 1.54) is 0 Å². The summed E-state index contributed by atoms with van der Waals surface area (Å²) in [5.41, 5.74) is 0.280. The molecule has 0 aliphatic heterocycles. The lowest BCUT2D eigenvalue weighted by Crippen LogP contribution is -2.48. The zero-order valence-electron chi connectivity index (χ0n) is 13.9. The fourth-order valence-corrected chi connectivity index (χ4v) is 2.79. The normalized spacial score (nSPS) is 13.3. The van der Waals surface area contributed by atoms with Crippen LogP contribution in [0.1, 0.15) is 26.3 Å². The van der Waals surface area contributed by atoms with Gasteiger partial charge < -0.3 is 14.6 Å². The minimum absolute atomic E-state index is 0.102. The summed E-state index contributed by atoms with van der Waals surface area (Å²) in [5, 5.41) is 10.5. The van der Waals surface area contributed by atoms with Crippen LogP contribution in [0.15, 0.2) is 24.3 Å². The summed E-state index contributed by atoms with van der Waals surface area (Å²) in [6.07, 6.45) is 0. The maximum absolute atomic E-state index is 10.4. The number of benzene rings is 1. The van der Waals surface area contributed by atoms with E-state index in [0.717, 1.165) is 5.56 Å². The largest absolute Gasteiger partial charge is 0.468 e. The molecule has 0 amide bonds. The van der Waals surface area contributed by atoms with E-state index >= 15 is 0 Å². The van der Waals surface area contributed by atoms with Crippen LogP contribution in [0.2, 0.25) is 18.1 Å². The van der Waals surface area contributed by atoms with Gasteiger partial charge in [-0.2, -0.15) is 0 Å². The highest BCUT2D eigenvalue weighted by Crippen LogP contribution is 2.37. The highest BCUT2D eigenvalue weighted by Gasteiger charge is 2.40. The number of ether oxygens (including phenoxy) is 2. The average molecular weight is 306 g/mol. The molecule has 0 bridgehead atoms. The van der Waals surface area contributed by atoms with E-state index in [4.69, 9.17) is 9.47 Å². The predicted octanol–water partition coefficient (Wildman–Crippen LogP) is 3.43. The molecule has 0 aromatic heterocycles. The molecule has 0 spiro atoms. The second-order valence-corrected chi connectivity index (χ2v) is 12.2. The van der Waals surface area contributed by atoms with Crippen molar-refractivity contribution in [3.05, 3.63) is 29.8 Å². The number of hydrogen-bond donors (Lipinski definition) is 1. The Kier molecular flexibility index (Phi) is 6.03. The molecule has 0 saturated heterocycles. The Morgan fingerprint density at radius 3 is 2.52 bits per heavy atom. The third-order valence-corrected chi connectivity index (χ3v) is 9.52. The maximum atomic E-state index is 10.4. The van der Waals surface area contributed by atoms with Gasteiger partial charge in [-0.1, -0.05) is 51.8 Å². The van der Waals surface area contributed by atoms with Crippen molar-refractivity contribution < 1.29 is 14.6 Å². The van der Waals surface area contributed by atoms with Crippen LogP contribution in [0.3, 0.4) is 0 Å². The summed E-state index contributed by atoms with van der Waals surface area (Å²) >= 11 is 0. The fourth-order valence-electron chi connectivity index (χ4n) is 1.53. The summed E-state index contributed by atoms with van der Waals surface area (Å²) in [6, 6.07) is 7.50. The van der Waals surface area contributed by atoms with Crippen LogP contribution in [0, 0.1) is 11.8 Å². The molecule has 0 saturated carbocycles. The van der Waals surface area contributed by atoms with E-state index in [-0.39, 0.29) is 11.8 Å². The van der Waals surface area contributed by atoms with Crippen LogP contribution in [0.25, 0.3) is 0 Å². The third kappa shape index (κ3) is 4.89. The van der Waals surface area contributed by atoms with Crippen LogP contribution in [-0.4, -0.2) is 32.8 Å². The first-order valence-electron chi connectivity index (χ1n) is 7.10. The topological polar surface area (TPSA) is 38.7 Å². The Morgan fingerprint density at radius 2 is 1.95 bits per heavy atom. The van der Waals surface area contributed by atoms with E-state index in [0.29, 0.717) is 5.75 Å². The lowest BCUT2D eigenvalue weighted by Gasteiger charge is -2.38. The summed E-state index contributed by atoms with van der Waals surface area (Å²) < 4.78 is 10.3. The quantitative estimate of drug-likeness (QED) is 0.526. The smallest absolute Gasteiger partial charge is 0.188 e. The molecule has 0 aliphatic rings. The van der Waals surface area contributed by atoms with E-state index in [9.17, 15) is 5.11 Å². The number of methoxy groups -OCH3 is 1. The van der Waals surface area contributed by atoms with Gasteiger partial charge in [0.15, 0.2) is 6.79 Å². The molecule has 0 fully saturated rings. The highest BCUT2D eigenvalue weighted by atomic mass is 28.3. The Balaban J connectivity index is 2.87.